The molecular formula is C15H9BrClFO. The van der Waals surface area contributed by atoms with E-state index in [0.29, 0.717) is 5.56 Å². The predicted molar refractivity (Wildman–Crippen MR) is 78.9 cm³/mol. The second kappa shape index (κ2) is 6.13. The minimum Gasteiger partial charge on any atom is -0.289 e. The van der Waals surface area contributed by atoms with Gasteiger partial charge in [0.25, 0.3) is 0 Å². The lowest BCUT2D eigenvalue weighted by Gasteiger charge is -2.00. The summed E-state index contributed by atoms with van der Waals surface area (Å²) in [5.41, 5.74) is 0.751. The predicted octanol–water partition coefficient (Wildman–Crippen LogP) is 5.14. The van der Waals surface area contributed by atoms with Gasteiger partial charge in [-0.25, -0.2) is 4.39 Å². The molecule has 0 aromatic heterocycles. The van der Waals surface area contributed by atoms with Crippen molar-refractivity contribution in [3.05, 3.63) is 75.0 Å². The summed E-state index contributed by atoms with van der Waals surface area (Å²) in [6.07, 6.45) is 2.70. The zero-order chi connectivity index (χ0) is 13.8. The molecule has 0 aliphatic rings. The molecule has 2 aromatic carbocycles. The molecule has 0 atom stereocenters. The molecule has 0 spiro atoms. The molecule has 96 valence electrons. The number of hydrogen-bond donors (Lipinski definition) is 0. The van der Waals surface area contributed by atoms with Crippen LogP contribution in [-0.4, -0.2) is 5.78 Å². The number of carbonyl (C=O) groups is 1. The van der Waals surface area contributed by atoms with Crippen molar-refractivity contribution in [3.8, 4) is 0 Å². The van der Waals surface area contributed by atoms with Gasteiger partial charge in [-0.2, -0.15) is 0 Å². The minimum absolute atomic E-state index is 0.202. The number of hydrogen-bond acceptors (Lipinski definition) is 1. The molecule has 0 amide bonds. The summed E-state index contributed by atoms with van der Waals surface area (Å²) in [6.45, 7) is 0. The van der Waals surface area contributed by atoms with Gasteiger partial charge in [0.1, 0.15) is 5.82 Å². The van der Waals surface area contributed by atoms with Crippen LogP contribution in [0.4, 0.5) is 4.39 Å². The number of carbonyl (C=O) groups excluding carboxylic acids is 1. The molecule has 2 aromatic rings. The van der Waals surface area contributed by atoms with Crippen LogP contribution in [0.1, 0.15) is 15.9 Å². The van der Waals surface area contributed by atoms with E-state index in [1.165, 1.54) is 24.3 Å². The molecule has 19 heavy (non-hydrogen) atoms. The Balaban J connectivity index is 2.23. The Bertz CT molecular complexity index is 615. The topological polar surface area (TPSA) is 17.1 Å². The molecular weight excluding hydrogens is 331 g/mol. The number of allylic oxidation sites excluding steroid dienone is 1. The summed E-state index contributed by atoms with van der Waals surface area (Å²) in [7, 11) is 0. The van der Waals surface area contributed by atoms with Crippen LogP contribution in [0.15, 0.2) is 53.0 Å². The maximum Gasteiger partial charge on any atom is 0.185 e. The SMILES string of the molecule is O=C(C=Cc1c(F)cccc1Cl)c1ccc(Br)cc1. The standard InChI is InChI=1S/C15H9BrClFO/c16-11-6-4-10(5-7-11)15(19)9-8-12-13(17)2-1-3-14(12)18/h1-9H. The van der Waals surface area contributed by atoms with E-state index >= 15 is 0 Å². The lowest BCUT2D eigenvalue weighted by molar-refractivity contribution is 0.104. The highest BCUT2D eigenvalue weighted by molar-refractivity contribution is 9.10. The molecule has 0 saturated heterocycles. The Labute approximate surface area is 123 Å². The Hall–Kier alpha value is -1.45. The van der Waals surface area contributed by atoms with Gasteiger partial charge in [0, 0.05) is 15.6 Å². The van der Waals surface area contributed by atoms with E-state index in [1.54, 1.807) is 30.3 Å². The summed E-state index contributed by atoms with van der Waals surface area (Å²) in [6, 6.07) is 11.3. The fourth-order valence-electron chi connectivity index (χ4n) is 1.54. The van der Waals surface area contributed by atoms with Crippen molar-refractivity contribution < 1.29 is 9.18 Å². The summed E-state index contributed by atoms with van der Waals surface area (Å²) in [4.78, 5) is 11.9. The first kappa shape index (κ1) is 14.0. The van der Waals surface area contributed by atoms with Gasteiger partial charge in [0.15, 0.2) is 5.78 Å². The average molecular weight is 340 g/mol. The first-order chi connectivity index (χ1) is 9.08. The first-order valence-corrected chi connectivity index (χ1v) is 6.67. The summed E-state index contributed by atoms with van der Waals surface area (Å²) >= 11 is 9.16. The van der Waals surface area contributed by atoms with Crippen LogP contribution in [0.5, 0.6) is 0 Å². The van der Waals surface area contributed by atoms with E-state index in [0.717, 1.165) is 4.47 Å². The zero-order valence-corrected chi connectivity index (χ0v) is 12.1. The molecule has 0 aliphatic heterocycles. The molecule has 0 fully saturated rings. The van der Waals surface area contributed by atoms with Crippen LogP contribution in [0.2, 0.25) is 5.02 Å². The molecule has 0 heterocycles. The highest BCUT2D eigenvalue weighted by atomic mass is 79.9. The highest BCUT2D eigenvalue weighted by Crippen LogP contribution is 2.20. The van der Waals surface area contributed by atoms with Crippen LogP contribution < -0.4 is 0 Å². The molecule has 0 unspecified atom stereocenters. The summed E-state index contributed by atoms with van der Waals surface area (Å²) in [5, 5.41) is 0.278. The summed E-state index contributed by atoms with van der Waals surface area (Å²) in [5.74, 6) is -0.654. The van der Waals surface area contributed by atoms with Gasteiger partial charge < -0.3 is 0 Å². The maximum absolute atomic E-state index is 13.5. The van der Waals surface area contributed by atoms with Gasteiger partial charge >= 0.3 is 0 Å². The van der Waals surface area contributed by atoms with Crippen molar-refractivity contribution in [3.63, 3.8) is 0 Å². The van der Waals surface area contributed by atoms with Crippen molar-refractivity contribution >= 4 is 39.4 Å². The number of rotatable bonds is 3. The van der Waals surface area contributed by atoms with Gasteiger partial charge in [-0.05, 0) is 48.6 Å². The highest BCUT2D eigenvalue weighted by Gasteiger charge is 2.05. The number of benzene rings is 2. The van der Waals surface area contributed by atoms with Crippen molar-refractivity contribution in [2.24, 2.45) is 0 Å². The molecule has 0 aliphatic carbocycles. The van der Waals surface area contributed by atoms with E-state index in [4.69, 9.17) is 11.6 Å². The minimum atomic E-state index is -0.452. The molecule has 0 bridgehead atoms. The lowest BCUT2D eigenvalue weighted by atomic mass is 10.1. The molecule has 0 radical (unpaired) electrons. The van der Waals surface area contributed by atoms with Gasteiger partial charge in [-0.3, -0.25) is 4.79 Å². The second-order valence-corrected chi connectivity index (χ2v) is 5.16. The van der Waals surface area contributed by atoms with Crippen molar-refractivity contribution in [1.82, 2.24) is 0 Å². The second-order valence-electron chi connectivity index (χ2n) is 3.84. The van der Waals surface area contributed by atoms with Crippen LogP contribution >= 0.6 is 27.5 Å². The Morgan fingerprint density at radius 2 is 1.84 bits per heavy atom. The third-order valence-electron chi connectivity index (χ3n) is 2.53. The monoisotopic (exact) mass is 338 g/mol. The average Bonchev–Trinajstić information content (AvgIpc) is 2.38. The number of ketones is 1. The van der Waals surface area contributed by atoms with Crippen molar-refractivity contribution in [1.29, 1.82) is 0 Å². The van der Waals surface area contributed by atoms with Crippen LogP contribution in [0, 0.1) is 5.82 Å². The molecule has 4 heteroatoms. The van der Waals surface area contributed by atoms with E-state index in [9.17, 15) is 9.18 Å². The van der Waals surface area contributed by atoms with Crippen molar-refractivity contribution in [2.75, 3.05) is 0 Å². The molecule has 2 rings (SSSR count). The number of halogens is 3. The third-order valence-corrected chi connectivity index (χ3v) is 3.39. The first-order valence-electron chi connectivity index (χ1n) is 5.50. The van der Waals surface area contributed by atoms with E-state index in [2.05, 4.69) is 15.9 Å². The van der Waals surface area contributed by atoms with E-state index in [1.807, 2.05) is 0 Å². The van der Waals surface area contributed by atoms with Crippen LogP contribution in [-0.2, 0) is 0 Å². The van der Waals surface area contributed by atoms with E-state index in [-0.39, 0.29) is 16.4 Å². The molecule has 0 saturated carbocycles. The molecule has 0 N–H and O–H groups in total. The van der Waals surface area contributed by atoms with Crippen LogP contribution in [0.25, 0.3) is 6.08 Å². The Morgan fingerprint density at radius 3 is 2.47 bits per heavy atom. The maximum atomic E-state index is 13.5. The van der Waals surface area contributed by atoms with E-state index < -0.39 is 5.82 Å². The normalized spacial score (nSPS) is 10.9. The van der Waals surface area contributed by atoms with Gasteiger partial charge in [-0.15, -0.1) is 0 Å². The smallest absolute Gasteiger partial charge is 0.185 e. The van der Waals surface area contributed by atoms with Gasteiger partial charge in [0.2, 0.25) is 0 Å². The third kappa shape index (κ3) is 3.52. The van der Waals surface area contributed by atoms with Gasteiger partial charge in [0.05, 0.1) is 5.02 Å². The lowest BCUT2D eigenvalue weighted by Crippen LogP contribution is -1.93. The fourth-order valence-corrected chi connectivity index (χ4v) is 2.03. The zero-order valence-electron chi connectivity index (χ0n) is 9.74. The Morgan fingerprint density at radius 1 is 1.16 bits per heavy atom. The molecule has 1 nitrogen and oxygen atoms in total. The quantitative estimate of drug-likeness (QED) is 0.559. The largest absolute Gasteiger partial charge is 0.289 e. The van der Waals surface area contributed by atoms with Crippen LogP contribution in [0.3, 0.4) is 0 Å². The van der Waals surface area contributed by atoms with Gasteiger partial charge in [-0.1, -0.05) is 33.6 Å². The Kier molecular flexibility index (Phi) is 4.51. The summed E-state index contributed by atoms with van der Waals surface area (Å²) < 4.78 is 14.4. The fraction of sp³-hybridized carbons (Fsp3) is 0. The van der Waals surface area contributed by atoms with Crippen molar-refractivity contribution in [2.45, 2.75) is 0 Å².